The maximum Gasteiger partial charge on any atom is 0.273 e. The highest BCUT2D eigenvalue weighted by atomic mass is 16.2. The molecular weight excluding hydrogens is 388 g/mol. The minimum absolute atomic E-state index is 0.199. The van der Waals surface area contributed by atoms with E-state index in [2.05, 4.69) is 51.2 Å². The van der Waals surface area contributed by atoms with Gasteiger partial charge in [-0.05, 0) is 62.4 Å². The van der Waals surface area contributed by atoms with Crippen molar-refractivity contribution in [1.82, 2.24) is 25.3 Å². The number of hydrogen-bond acceptors (Lipinski definition) is 5. The third kappa shape index (κ3) is 4.46. The Bertz CT molecular complexity index is 981. The molecule has 2 aromatic heterocycles. The van der Waals surface area contributed by atoms with Crippen molar-refractivity contribution in [3.63, 3.8) is 0 Å². The Morgan fingerprint density at radius 2 is 1.97 bits per heavy atom. The SMILES string of the molecule is CCN(CC)CCc1c(C)[nH]c(/C=C2/C(=O)NN=C2c2cnccn2)c1C1CCCC1. The van der Waals surface area contributed by atoms with Crippen LogP contribution in [-0.2, 0) is 11.2 Å². The van der Waals surface area contributed by atoms with Gasteiger partial charge in [0.2, 0.25) is 0 Å². The van der Waals surface area contributed by atoms with Crippen LogP contribution in [-0.4, -0.2) is 51.1 Å². The van der Waals surface area contributed by atoms with Gasteiger partial charge in [-0.1, -0.05) is 26.7 Å². The third-order valence-corrected chi connectivity index (χ3v) is 6.59. The first-order valence-electron chi connectivity index (χ1n) is 11.4. The number of nitrogens with one attached hydrogen (secondary N) is 2. The van der Waals surface area contributed by atoms with Crippen molar-refractivity contribution in [2.75, 3.05) is 19.6 Å². The predicted molar refractivity (Wildman–Crippen MR) is 123 cm³/mol. The molecule has 1 saturated carbocycles. The van der Waals surface area contributed by atoms with Crippen LogP contribution in [0, 0.1) is 6.92 Å². The molecule has 1 aliphatic carbocycles. The van der Waals surface area contributed by atoms with Gasteiger partial charge < -0.3 is 9.88 Å². The number of aryl methyl sites for hydroxylation is 1. The van der Waals surface area contributed by atoms with E-state index in [0.29, 0.717) is 22.9 Å². The number of aromatic nitrogens is 3. The van der Waals surface area contributed by atoms with Crippen LogP contribution in [0.25, 0.3) is 6.08 Å². The second kappa shape index (κ2) is 9.56. The van der Waals surface area contributed by atoms with E-state index in [9.17, 15) is 4.79 Å². The van der Waals surface area contributed by atoms with Gasteiger partial charge in [-0.25, -0.2) is 5.43 Å². The molecule has 0 saturated heterocycles. The van der Waals surface area contributed by atoms with E-state index in [1.54, 1.807) is 18.6 Å². The van der Waals surface area contributed by atoms with E-state index in [1.807, 2.05) is 6.08 Å². The van der Waals surface area contributed by atoms with Crippen molar-refractivity contribution in [3.8, 4) is 0 Å². The summed E-state index contributed by atoms with van der Waals surface area (Å²) < 4.78 is 0. The van der Waals surface area contributed by atoms with Crippen LogP contribution in [0.2, 0.25) is 0 Å². The number of amides is 1. The molecule has 1 amide bonds. The molecule has 1 aliphatic heterocycles. The molecule has 0 atom stereocenters. The average Bonchev–Trinajstić information content (AvgIpc) is 3.50. The summed E-state index contributed by atoms with van der Waals surface area (Å²) in [4.78, 5) is 27.1. The molecule has 2 aromatic rings. The average molecular weight is 421 g/mol. The van der Waals surface area contributed by atoms with Crippen LogP contribution in [0.4, 0.5) is 0 Å². The fourth-order valence-corrected chi connectivity index (χ4v) is 4.87. The van der Waals surface area contributed by atoms with Crippen LogP contribution < -0.4 is 5.43 Å². The van der Waals surface area contributed by atoms with Gasteiger partial charge in [0, 0.05) is 30.3 Å². The lowest BCUT2D eigenvalue weighted by atomic mass is 9.90. The van der Waals surface area contributed by atoms with Gasteiger partial charge in [-0.15, -0.1) is 0 Å². The lowest BCUT2D eigenvalue weighted by molar-refractivity contribution is -0.116. The third-order valence-electron chi connectivity index (χ3n) is 6.59. The molecular formula is C24H32N6O. The Hall–Kier alpha value is -2.80. The van der Waals surface area contributed by atoms with Gasteiger partial charge in [0.05, 0.1) is 11.8 Å². The molecule has 7 heteroatoms. The summed E-state index contributed by atoms with van der Waals surface area (Å²) in [6.45, 7) is 9.76. The summed E-state index contributed by atoms with van der Waals surface area (Å²) >= 11 is 0. The van der Waals surface area contributed by atoms with Gasteiger partial charge in [-0.3, -0.25) is 14.8 Å². The summed E-state index contributed by atoms with van der Waals surface area (Å²) in [5.74, 6) is 0.347. The van der Waals surface area contributed by atoms with E-state index in [0.717, 1.165) is 31.7 Å². The number of hydrogen-bond donors (Lipinski definition) is 2. The highest BCUT2D eigenvalue weighted by Crippen LogP contribution is 2.40. The van der Waals surface area contributed by atoms with Gasteiger partial charge in [0.15, 0.2) is 0 Å². The van der Waals surface area contributed by atoms with Crippen LogP contribution in [0.3, 0.4) is 0 Å². The van der Waals surface area contributed by atoms with Gasteiger partial charge in [0.25, 0.3) is 5.91 Å². The minimum atomic E-state index is -0.199. The summed E-state index contributed by atoms with van der Waals surface area (Å²) in [5, 5.41) is 4.23. The fourth-order valence-electron chi connectivity index (χ4n) is 4.87. The molecule has 0 aromatic carbocycles. The van der Waals surface area contributed by atoms with Crippen molar-refractivity contribution >= 4 is 17.7 Å². The second-order valence-corrected chi connectivity index (χ2v) is 8.36. The molecule has 4 rings (SSSR count). The summed E-state index contributed by atoms with van der Waals surface area (Å²) in [5.41, 5.74) is 9.34. The standard InChI is InChI=1S/C24H32N6O/c1-4-30(5-2)13-10-18-16(3)27-20(22(18)17-8-6-7-9-17)14-19-23(28-29-24(19)31)21-15-25-11-12-26-21/h11-12,14-15,17,27H,4-10,13H2,1-3H3,(H,29,31)/b19-14+. The second-order valence-electron chi connectivity index (χ2n) is 8.36. The number of aromatic amines is 1. The normalized spacial score (nSPS) is 18.3. The quantitative estimate of drug-likeness (QED) is 0.639. The number of nitrogens with zero attached hydrogens (tertiary/aromatic N) is 4. The van der Waals surface area contributed by atoms with Crippen LogP contribution in [0.15, 0.2) is 29.3 Å². The number of carbonyl (C=O) groups is 1. The first-order valence-corrected chi connectivity index (χ1v) is 11.4. The van der Waals surface area contributed by atoms with Gasteiger partial charge >= 0.3 is 0 Å². The topological polar surface area (TPSA) is 86.3 Å². The maximum atomic E-state index is 12.6. The van der Waals surface area contributed by atoms with Crippen molar-refractivity contribution in [1.29, 1.82) is 0 Å². The lowest BCUT2D eigenvalue weighted by Crippen LogP contribution is -2.25. The molecule has 3 heterocycles. The Balaban J connectivity index is 1.73. The Morgan fingerprint density at radius 1 is 1.19 bits per heavy atom. The molecule has 0 bridgehead atoms. The number of hydrazone groups is 1. The van der Waals surface area contributed by atoms with Crippen molar-refractivity contribution < 1.29 is 4.79 Å². The summed E-state index contributed by atoms with van der Waals surface area (Å²) in [6.07, 6.45) is 12.8. The van der Waals surface area contributed by atoms with Crippen LogP contribution in [0.1, 0.15) is 73.7 Å². The van der Waals surface area contributed by atoms with Crippen molar-refractivity contribution in [2.45, 2.75) is 58.8 Å². The van der Waals surface area contributed by atoms with Gasteiger partial charge in [0.1, 0.15) is 11.4 Å². The smallest absolute Gasteiger partial charge is 0.273 e. The van der Waals surface area contributed by atoms with E-state index >= 15 is 0 Å². The summed E-state index contributed by atoms with van der Waals surface area (Å²) in [7, 11) is 0. The Labute approximate surface area is 184 Å². The van der Waals surface area contributed by atoms with E-state index in [-0.39, 0.29) is 5.91 Å². The molecule has 164 valence electrons. The Kier molecular flexibility index (Phi) is 6.61. The zero-order chi connectivity index (χ0) is 21.8. The van der Waals surface area contributed by atoms with Gasteiger partial charge in [-0.2, -0.15) is 5.10 Å². The van der Waals surface area contributed by atoms with Crippen LogP contribution >= 0.6 is 0 Å². The number of H-pyrrole nitrogens is 1. The molecule has 0 radical (unpaired) electrons. The number of likely N-dealkylation sites (N-methyl/N-ethyl adjacent to an activating group) is 1. The zero-order valence-electron chi connectivity index (χ0n) is 18.7. The monoisotopic (exact) mass is 420 g/mol. The molecule has 2 N–H and O–H groups in total. The minimum Gasteiger partial charge on any atom is -0.359 e. The fraction of sp³-hybridized carbons (Fsp3) is 0.500. The molecule has 2 aliphatic rings. The van der Waals surface area contributed by atoms with E-state index < -0.39 is 0 Å². The largest absolute Gasteiger partial charge is 0.359 e. The Morgan fingerprint density at radius 3 is 2.65 bits per heavy atom. The molecule has 1 fully saturated rings. The molecule has 7 nitrogen and oxygen atoms in total. The van der Waals surface area contributed by atoms with Crippen molar-refractivity contribution in [2.24, 2.45) is 5.10 Å². The predicted octanol–water partition coefficient (Wildman–Crippen LogP) is 3.57. The highest BCUT2D eigenvalue weighted by Gasteiger charge is 2.29. The summed E-state index contributed by atoms with van der Waals surface area (Å²) in [6, 6.07) is 0. The highest BCUT2D eigenvalue weighted by molar-refractivity contribution is 6.32. The first-order chi connectivity index (χ1) is 15.1. The number of carbonyl (C=O) groups excluding carboxylic acids is 1. The molecule has 31 heavy (non-hydrogen) atoms. The number of rotatable bonds is 8. The first kappa shape index (κ1) is 21.4. The van der Waals surface area contributed by atoms with Crippen molar-refractivity contribution in [3.05, 3.63) is 52.4 Å². The lowest BCUT2D eigenvalue weighted by Gasteiger charge is -2.19. The zero-order valence-corrected chi connectivity index (χ0v) is 18.7. The van der Waals surface area contributed by atoms with Crippen LogP contribution in [0.5, 0.6) is 0 Å². The maximum absolute atomic E-state index is 12.6. The van der Waals surface area contributed by atoms with E-state index in [1.165, 1.54) is 42.5 Å². The molecule has 0 spiro atoms. The van der Waals surface area contributed by atoms with E-state index in [4.69, 9.17) is 0 Å². The molecule has 0 unspecified atom stereocenters.